The van der Waals surface area contributed by atoms with Crippen molar-refractivity contribution in [2.75, 3.05) is 0 Å². The largest absolute Gasteiger partial charge is 0.350 e. The number of para-hydroxylation sites is 2. The average molecular weight is 387 g/mol. The third kappa shape index (κ3) is 4.24. The van der Waals surface area contributed by atoms with Crippen LogP contribution in [0.15, 0.2) is 72.0 Å². The lowest BCUT2D eigenvalue weighted by molar-refractivity contribution is -0.121. The van der Waals surface area contributed by atoms with E-state index in [2.05, 4.69) is 20.3 Å². The summed E-state index contributed by atoms with van der Waals surface area (Å²) in [6.45, 7) is 1.94. The molecule has 0 aliphatic heterocycles. The zero-order valence-corrected chi connectivity index (χ0v) is 16.0. The lowest BCUT2D eigenvalue weighted by Gasteiger charge is -2.15. The Labute approximate surface area is 167 Å². The summed E-state index contributed by atoms with van der Waals surface area (Å²) in [5.41, 5.74) is 3.54. The van der Waals surface area contributed by atoms with Gasteiger partial charge >= 0.3 is 0 Å². The second-order valence-electron chi connectivity index (χ2n) is 6.88. The third-order valence-electron chi connectivity index (χ3n) is 4.83. The highest BCUT2D eigenvalue weighted by Gasteiger charge is 2.12. The summed E-state index contributed by atoms with van der Waals surface area (Å²) >= 11 is 0. The van der Waals surface area contributed by atoms with E-state index in [1.165, 1.54) is 0 Å². The van der Waals surface area contributed by atoms with Crippen molar-refractivity contribution < 1.29 is 4.79 Å². The molecule has 4 rings (SSSR count). The van der Waals surface area contributed by atoms with Gasteiger partial charge in [-0.25, -0.2) is 9.97 Å². The highest BCUT2D eigenvalue weighted by atomic mass is 16.1. The van der Waals surface area contributed by atoms with E-state index in [4.69, 9.17) is 0 Å². The minimum absolute atomic E-state index is 0.120. The predicted octanol–water partition coefficient (Wildman–Crippen LogP) is 2.92. The number of benzene rings is 2. The van der Waals surface area contributed by atoms with Gasteiger partial charge in [0.05, 0.1) is 23.4 Å². The molecule has 1 atom stereocenters. The number of hydrogen-bond acceptors (Lipinski definition) is 4. The Balaban J connectivity index is 1.37. The van der Waals surface area contributed by atoms with E-state index in [1.54, 1.807) is 18.6 Å². The molecule has 0 fully saturated rings. The van der Waals surface area contributed by atoms with Crippen LogP contribution in [0.2, 0.25) is 0 Å². The number of nitrogens with one attached hydrogen (secondary N) is 2. The van der Waals surface area contributed by atoms with Crippen molar-refractivity contribution in [2.45, 2.75) is 25.8 Å². The number of carbonyl (C=O) groups is 1. The average Bonchev–Trinajstić information content (AvgIpc) is 3.27. The van der Waals surface area contributed by atoms with Crippen LogP contribution < -0.4 is 10.9 Å². The van der Waals surface area contributed by atoms with Crippen molar-refractivity contribution in [3.8, 4) is 5.69 Å². The van der Waals surface area contributed by atoms with E-state index in [9.17, 15) is 9.59 Å². The van der Waals surface area contributed by atoms with Gasteiger partial charge in [-0.2, -0.15) is 0 Å². The van der Waals surface area contributed by atoms with Gasteiger partial charge in [-0.3, -0.25) is 9.59 Å². The minimum atomic E-state index is -0.250. The van der Waals surface area contributed by atoms with Crippen LogP contribution in [-0.2, 0) is 11.2 Å². The maximum atomic E-state index is 12.4. The van der Waals surface area contributed by atoms with Crippen LogP contribution >= 0.6 is 0 Å². The molecule has 4 aromatic rings. The zero-order chi connectivity index (χ0) is 20.2. The standard InChI is InChI=1S/C22H21N5O2/c1-15(16-6-8-17(9-7-16)27-13-12-23-14-27)24-21(28)11-10-20-22(29)26-19-5-3-2-4-18(19)25-20/h2-9,12-15H,10-11H2,1H3,(H,24,28)(H,26,29)/t15-/m0/s1. The van der Waals surface area contributed by atoms with E-state index >= 15 is 0 Å². The first-order chi connectivity index (χ1) is 14.1. The van der Waals surface area contributed by atoms with E-state index in [0.29, 0.717) is 16.7 Å². The fourth-order valence-electron chi connectivity index (χ4n) is 3.21. The van der Waals surface area contributed by atoms with Crippen LogP contribution in [0.5, 0.6) is 0 Å². The van der Waals surface area contributed by atoms with E-state index in [0.717, 1.165) is 11.3 Å². The van der Waals surface area contributed by atoms with Crippen LogP contribution in [-0.4, -0.2) is 25.4 Å². The highest BCUT2D eigenvalue weighted by molar-refractivity contribution is 5.77. The SMILES string of the molecule is C[C@H](NC(=O)CCc1nc2ccccc2[nH]c1=O)c1ccc(-n2ccnc2)cc1. The van der Waals surface area contributed by atoms with Crippen LogP contribution in [0.25, 0.3) is 16.7 Å². The number of imidazole rings is 1. The second-order valence-corrected chi connectivity index (χ2v) is 6.88. The lowest BCUT2D eigenvalue weighted by Crippen LogP contribution is -2.27. The normalized spacial score (nSPS) is 12.0. The molecule has 0 aliphatic carbocycles. The molecule has 0 saturated carbocycles. The maximum absolute atomic E-state index is 12.4. The molecule has 0 radical (unpaired) electrons. The molecule has 29 heavy (non-hydrogen) atoms. The van der Waals surface area contributed by atoms with Crippen molar-refractivity contribution >= 4 is 16.9 Å². The van der Waals surface area contributed by atoms with Crippen molar-refractivity contribution in [3.05, 3.63) is 88.9 Å². The van der Waals surface area contributed by atoms with Gasteiger partial charge in [0.1, 0.15) is 5.69 Å². The summed E-state index contributed by atoms with van der Waals surface area (Å²) < 4.78 is 1.92. The molecule has 0 saturated heterocycles. The molecular formula is C22H21N5O2. The number of nitrogens with zero attached hydrogens (tertiary/aromatic N) is 3. The van der Waals surface area contributed by atoms with Gasteiger partial charge < -0.3 is 14.9 Å². The number of fused-ring (bicyclic) bond motifs is 1. The first-order valence-corrected chi connectivity index (χ1v) is 9.46. The first-order valence-electron chi connectivity index (χ1n) is 9.46. The van der Waals surface area contributed by atoms with E-state index in [-0.39, 0.29) is 30.3 Å². The van der Waals surface area contributed by atoms with Gasteiger partial charge in [0, 0.05) is 30.9 Å². The zero-order valence-electron chi connectivity index (χ0n) is 16.0. The number of hydrogen-bond donors (Lipinski definition) is 2. The van der Waals surface area contributed by atoms with Gasteiger partial charge in [-0.15, -0.1) is 0 Å². The number of aromatic amines is 1. The quantitative estimate of drug-likeness (QED) is 0.532. The Hall–Kier alpha value is -3.74. The summed E-state index contributed by atoms with van der Waals surface area (Å²) in [6, 6.07) is 15.1. The fourth-order valence-corrected chi connectivity index (χ4v) is 3.21. The van der Waals surface area contributed by atoms with Crippen LogP contribution in [0.1, 0.15) is 30.6 Å². The Bertz CT molecular complexity index is 1180. The van der Waals surface area contributed by atoms with Crippen LogP contribution in [0, 0.1) is 0 Å². The summed E-state index contributed by atoms with van der Waals surface area (Å²) in [7, 11) is 0. The Kier molecular flexibility index (Phi) is 5.20. The molecule has 2 aromatic carbocycles. The van der Waals surface area contributed by atoms with Gasteiger partial charge in [-0.1, -0.05) is 24.3 Å². The van der Waals surface area contributed by atoms with E-state index in [1.807, 2.05) is 60.2 Å². The molecule has 1 amide bonds. The van der Waals surface area contributed by atoms with Crippen LogP contribution in [0.4, 0.5) is 0 Å². The molecule has 0 unspecified atom stereocenters. The fraction of sp³-hybridized carbons (Fsp3) is 0.182. The number of aryl methyl sites for hydroxylation is 1. The number of amides is 1. The van der Waals surface area contributed by atoms with E-state index < -0.39 is 0 Å². The summed E-state index contributed by atoms with van der Waals surface area (Å²) in [5, 5.41) is 2.98. The minimum Gasteiger partial charge on any atom is -0.350 e. The molecule has 0 bridgehead atoms. The monoisotopic (exact) mass is 387 g/mol. The topological polar surface area (TPSA) is 92.7 Å². The van der Waals surface area contributed by atoms with Gasteiger partial charge in [0.15, 0.2) is 0 Å². The Morgan fingerprint density at radius 1 is 1.17 bits per heavy atom. The second kappa shape index (κ2) is 8.10. The molecule has 2 aromatic heterocycles. The summed E-state index contributed by atoms with van der Waals surface area (Å²) in [4.78, 5) is 35.8. The van der Waals surface area contributed by atoms with Gasteiger partial charge in [-0.05, 0) is 36.8 Å². The van der Waals surface area contributed by atoms with Gasteiger partial charge in [0.2, 0.25) is 5.91 Å². The molecule has 2 N–H and O–H groups in total. The Morgan fingerprint density at radius 3 is 2.72 bits per heavy atom. The third-order valence-corrected chi connectivity index (χ3v) is 4.83. The molecule has 0 aliphatic rings. The number of aromatic nitrogens is 4. The number of rotatable bonds is 6. The molecule has 0 spiro atoms. The smallest absolute Gasteiger partial charge is 0.270 e. The number of H-pyrrole nitrogens is 1. The van der Waals surface area contributed by atoms with Crippen molar-refractivity contribution in [3.63, 3.8) is 0 Å². The molecule has 2 heterocycles. The molecule has 7 nitrogen and oxygen atoms in total. The molecular weight excluding hydrogens is 366 g/mol. The van der Waals surface area contributed by atoms with Crippen molar-refractivity contribution in [2.24, 2.45) is 0 Å². The summed E-state index contributed by atoms with van der Waals surface area (Å²) in [5.74, 6) is -0.120. The van der Waals surface area contributed by atoms with Crippen LogP contribution in [0.3, 0.4) is 0 Å². The molecule has 7 heteroatoms. The number of carbonyl (C=O) groups excluding carboxylic acids is 1. The first kappa shape index (κ1) is 18.6. The predicted molar refractivity (Wildman–Crippen MR) is 111 cm³/mol. The van der Waals surface area contributed by atoms with Crippen molar-refractivity contribution in [1.29, 1.82) is 0 Å². The Morgan fingerprint density at radius 2 is 1.97 bits per heavy atom. The highest BCUT2D eigenvalue weighted by Crippen LogP contribution is 2.16. The van der Waals surface area contributed by atoms with Gasteiger partial charge in [0.25, 0.3) is 5.56 Å². The van der Waals surface area contributed by atoms with Crippen molar-refractivity contribution in [1.82, 2.24) is 24.8 Å². The summed E-state index contributed by atoms with van der Waals surface area (Å²) in [6.07, 6.45) is 5.84. The maximum Gasteiger partial charge on any atom is 0.270 e. The lowest BCUT2D eigenvalue weighted by atomic mass is 10.1. The molecule has 146 valence electrons.